The Hall–Kier alpha value is -3.21. The first-order valence-electron chi connectivity index (χ1n) is 7.83. The lowest BCUT2D eigenvalue weighted by Crippen LogP contribution is -2.37. The Morgan fingerprint density at radius 3 is 1.66 bits per heavy atom. The van der Waals surface area contributed by atoms with Gasteiger partial charge in [0.05, 0.1) is 0 Å². The maximum Gasteiger partial charge on any atom is 0.573 e. The fraction of sp³-hybridized carbons (Fsp3) is 0.133. The number of benzene rings is 2. The van der Waals surface area contributed by atoms with Crippen molar-refractivity contribution in [2.24, 2.45) is 10.1 Å². The average molecular weight is 507 g/mol. The summed E-state index contributed by atoms with van der Waals surface area (Å²) in [5.41, 5.74) is 5.23. The Morgan fingerprint density at radius 2 is 1.19 bits per heavy atom. The highest BCUT2D eigenvalue weighted by molar-refractivity contribution is 7.91. The lowest BCUT2D eigenvalue weighted by Gasteiger charge is -2.14. The van der Waals surface area contributed by atoms with E-state index in [9.17, 15) is 43.2 Å². The Bertz CT molecular complexity index is 1230. The standard InChI is InChI=1S/C15H11F6N3O6S2/c16-14(17,18)29-9-5-1-3-7-11(9)31(25,26)23-13(22)24-32(27,28)12-8-4-2-6-10(12)30-15(19,20)21/h1-8H,(H3,22,23,24). The van der Waals surface area contributed by atoms with Crippen LogP contribution in [0.3, 0.4) is 0 Å². The summed E-state index contributed by atoms with van der Waals surface area (Å²) in [7, 11) is -10.0. The van der Waals surface area contributed by atoms with Crippen LogP contribution in [0.5, 0.6) is 11.5 Å². The molecule has 0 saturated carbocycles. The van der Waals surface area contributed by atoms with E-state index in [4.69, 9.17) is 5.73 Å². The summed E-state index contributed by atoms with van der Waals surface area (Å²) in [4.78, 5) is -2.19. The van der Waals surface area contributed by atoms with E-state index in [0.29, 0.717) is 24.3 Å². The quantitative estimate of drug-likeness (QED) is 0.348. The zero-order chi connectivity index (χ0) is 24.4. The zero-order valence-electron chi connectivity index (χ0n) is 15.2. The van der Waals surface area contributed by atoms with Crippen LogP contribution in [0.15, 0.2) is 62.7 Å². The van der Waals surface area contributed by atoms with Gasteiger partial charge in [0.25, 0.3) is 20.0 Å². The van der Waals surface area contributed by atoms with Gasteiger partial charge in [-0.1, -0.05) is 24.3 Å². The molecule has 176 valence electrons. The Balaban J connectivity index is 2.40. The summed E-state index contributed by atoms with van der Waals surface area (Å²) in [6.45, 7) is 0. The molecule has 0 aromatic heterocycles. The molecule has 2 rings (SSSR count). The molecule has 0 spiro atoms. The first kappa shape index (κ1) is 25.1. The summed E-state index contributed by atoms with van der Waals surface area (Å²) in [6, 6.07) is 6.79. The number of nitrogens with two attached hydrogens (primary N) is 1. The topological polar surface area (TPSA) is 137 Å². The van der Waals surface area contributed by atoms with Crippen molar-refractivity contribution in [2.45, 2.75) is 22.5 Å². The number of para-hydroxylation sites is 2. The summed E-state index contributed by atoms with van der Waals surface area (Å²) < 4.78 is 136. The van der Waals surface area contributed by atoms with E-state index in [-0.39, 0.29) is 0 Å². The van der Waals surface area contributed by atoms with E-state index in [2.05, 4.69) is 13.9 Å². The van der Waals surface area contributed by atoms with Crippen molar-refractivity contribution in [3.8, 4) is 11.5 Å². The highest BCUT2D eigenvalue weighted by Crippen LogP contribution is 2.31. The van der Waals surface area contributed by atoms with E-state index in [1.54, 1.807) is 0 Å². The van der Waals surface area contributed by atoms with E-state index in [1.165, 1.54) is 4.72 Å². The third-order valence-corrected chi connectivity index (χ3v) is 5.90. The highest BCUT2D eigenvalue weighted by Gasteiger charge is 2.35. The number of nitrogens with one attached hydrogen (secondary N) is 1. The molecule has 0 saturated heterocycles. The van der Waals surface area contributed by atoms with Gasteiger partial charge in [0.1, 0.15) is 21.3 Å². The Morgan fingerprint density at radius 1 is 0.781 bits per heavy atom. The molecule has 9 nitrogen and oxygen atoms in total. The molecule has 0 aliphatic carbocycles. The molecule has 2 aromatic carbocycles. The van der Waals surface area contributed by atoms with Gasteiger partial charge in [-0.3, -0.25) is 0 Å². The molecule has 0 amide bonds. The van der Waals surface area contributed by atoms with E-state index < -0.39 is 60.0 Å². The molecule has 0 heterocycles. The number of hydrogen-bond acceptors (Lipinski definition) is 6. The van der Waals surface area contributed by atoms with Gasteiger partial charge in [-0.05, 0) is 24.3 Å². The number of alkyl halides is 6. The second kappa shape index (κ2) is 8.73. The van der Waals surface area contributed by atoms with Crippen molar-refractivity contribution in [3.05, 3.63) is 48.5 Å². The highest BCUT2D eigenvalue weighted by atomic mass is 32.2. The molecule has 0 atom stereocenters. The maximum absolute atomic E-state index is 12.5. The van der Waals surface area contributed by atoms with Crippen molar-refractivity contribution in [1.82, 2.24) is 4.72 Å². The third-order valence-electron chi connectivity index (χ3n) is 3.17. The van der Waals surface area contributed by atoms with Gasteiger partial charge in [0.15, 0.2) is 0 Å². The van der Waals surface area contributed by atoms with Gasteiger partial charge in [-0.2, -0.15) is 8.42 Å². The number of ether oxygens (including phenoxy) is 2. The SMILES string of the molecule is N/C(=N\S(=O)(=O)c1ccccc1OC(F)(F)F)NS(=O)(=O)c1ccccc1OC(F)(F)F. The lowest BCUT2D eigenvalue weighted by atomic mass is 10.3. The Labute approximate surface area is 176 Å². The molecule has 0 aliphatic heterocycles. The first-order valence-corrected chi connectivity index (χ1v) is 10.8. The normalized spacial score (nSPS) is 13.5. The molecule has 17 heteroatoms. The van der Waals surface area contributed by atoms with Crippen LogP contribution in [0.1, 0.15) is 0 Å². The average Bonchev–Trinajstić information content (AvgIpc) is 2.58. The molecule has 2 aromatic rings. The van der Waals surface area contributed by atoms with Crippen LogP contribution in [0, 0.1) is 0 Å². The molecule has 32 heavy (non-hydrogen) atoms. The van der Waals surface area contributed by atoms with Crippen LogP contribution in [-0.4, -0.2) is 35.5 Å². The van der Waals surface area contributed by atoms with Crippen LogP contribution >= 0.6 is 0 Å². The van der Waals surface area contributed by atoms with Crippen molar-refractivity contribution in [2.75, 3.05) is 0 Å². The number of halogens is 6. The minimum absolute atomic E-state index is 0.654. The van der Waals surface area contributed by atoms with Gasteiger partial charge in [0.2, 0.25) is 5.96 Å². The van der Waals surface area contributed by atoms with Crippen LogP contribution in [-0.2, 0) is 20.0 Å². The molecule has 0 aliphatic rings. The maximum atomic E-state index is 12.5. The van der Waals surface area contributed by atoms with Crippen molar-refractivity contribution in [1.29, 1.82) is 0 Å². The molecule has 0 radical (unpaired) electrons. The fourth-order valence-corrected chi connectivity index (χ4v) is 4.28. The monoisotopic (exact) mass is 507 g/mol. The van der Waals surface area contributed by atoms with Crippen molar-refractivity contribution in [3.63, 3.8) is 0 Å². The molecule has 3 N–H and O–H groups in total. The number of hydrogen-bond donors (Lipinski definition) is 2. The lowest BCUT2D eigenvalue weighted by molar-refractivity contribution is -0.276. The third kappa shape index (κ3) is 6.91. The summed E-state index contributed by atoms with van der Waals surface area (Å²) >= 11 is 0. The number of sulfonamides is 2. The van der Waals surface area contributed by atoms with E-state index in [1.807, 2.05) is 0 Å². The van der Waals surface area contributed by atoms with Crippen LogP contribution in [0.4, 0.5) is 26.3 Å². The number of guanidine groups is 1. The molecular weight excluding hydrogens is 496 g/mol. The van der Waals surface area contributed by atoms with Gasteiger partial charge < -0.3 is 15.2 Å². The van der Waals surface area contributed by atoms with E-state index >= 15 is 0 Å². The summed E-state index contributed by atoms with van der Waals surface area (Å²) in [6.07, 6.45) is -10.5. The minimum atomic E-state index is -5.26. The predicted octanol–water partition coefficient (Wildman–Crippen LogP) is 2.47. The van der Waals surface area contributed by atoms with Crippen molar-refractivity contribution < 1.29 is 52.7 Å². The molecule has 0 bridgehead atoms. The Kier molecular flexibility index (Phi) is 6.84. The first-order chi connectivity index (χ1) is 14.5. The second-order valence-electron chi connectivity index (χ2n) is 5.55. The molecular formula is C15H11F6N3O6S2. The number of nitrogens with zero attached hydrogens (tertiary/aromatic N) is 1. The predicted molar refractivity (Wildman–Crippen MR) is 95.4 cm³/mol. The fourth-order valence-electron chi connectivity index (χ4n) is 2.14. The second-order valence-corrected chi connectivity index (χ2v) is 8.77. The van der Waals surface area contributed by atoms with Crippen LogP contribution < -0.4 is 19.9 Å². The van der Waals surface area contributed by atoms with Gasteiger partial charge in [-0.25, -0.2) is 13.1 Å². The van der Waals surface area contributed by atoms with E-state index in [0.717, 1.165) is 24.3 Å². The summed E-state index contributed by atoms with van der Waals surface area (Å²) in [5, 5.41) is 0. The zero-order valence-corrected chi connectivity index (χ0v) is 16.8. The minimum Gasteiger partial charge on any atom is -0.404 e. The molecule has 0 unspecified atom stereocenters. The summed E-state index contributed by atoms with van der Waals surface area (Å²) in [5.74, 6) is -3.72. The van der Waals surface area contributed by atoms with Gasteiger partial charge in [-0.15, -0.1) is 30.7 Å². The smallest absolute Gasteiger partial charge is 0.404 e. The van der Waals surface area contributed by atoms with Gasteiger partial charge in [0, 0.05) is 0 Å². The van der Waals surface area contributed by atoms with Crippen molar-refractivity contribution >= 4 is 26.0 Å². The largest absolute Gasteiger partial charge is 0.573 e. The van der Waals surface area contributed by atoms with Crippen LogP contribution in [0.2, 0.25) is 0 Å². The molecule has 0 fully saturated rings. The van der Waals surface area contributed by atoms with Crippen LogP contribution in [0.25, 0.3) is 0 Å². The van der Waals surface area contributed by atoms with Gasteiger partial charge >= 0.3 is 12.7 Å². The number of rotatable bonds is 6.